The van der Waals surface area contributed by atoms with Gasteiger partial charge >= 0.3 is 5.97 Å². The number of carboxylic acid groups (broad SMARTS) is 1. The van der Waals surface area contributed by atoms with Gasteiger partial charge in [0.05, 0.1) is 6.61 Å². The number of rotatable bonds is 8. The molecule has 1 aliphatic carbocycles. The lowest BCUT2D eigenvalue weighted by Gasteiger charge is -2.28. The third-order valence-electron chi connectivity index (χ3n) is 6.37. The quantitative estimate of drug-likeness (QED) is 0.449. The van der Waals surface area contributed by atoms with Crippen molar-refractivity contribution in [1.29, 1.82) is 0 Å². The highest BCUT2D eigenvalue weighted by molar-refractivity contribution is 6.33. The van der Waals surface area contributed by atoms with Crippen LogP contribution in [0.15, 0.2) is 54.6 Å². The highest BCUT2D eigenvalue weighted by Crippen LogP contribution is 2.39. The molecule has 3 aromatic rings. The molecule has 32 heavy (non-hydrogen) atoms. The molecule has 1 N–H and O–H groups in total. The van der Waals surface area contributed by atoms with Gasteiger partial charge in [-0.3, -0.25) is 4.68 Å². The Morgan fingerprint density at radius 2 is 1.72 bits per heavy atom. The first kappa shape index (κ1) is 22.6. The molecule has 1 fully saturated rings. The van der Waals surface area contributed by atoms with Crippen LogP contribution in [0.1, 0.15) is 31.4 Å². The Morgan fingerprint density at radius 1 is 1.06 bits per heavy atom. The molecule has 1 heterocycles. The maximum Gasteiger partial charge on any atom is 0.329 e. The van der Waals surface area contributed by atoms with E-state index in [9.17, 15) is 4.79 Å². The van der Waals surface area contributed by atoms with E-state index in [1.54, 1.807) is 0 Å². The molecule has 1 aliphatic rings. The Labute approximate surface area is 194 Å². The fourth-order valence-electron chi connectivity index (χ4n) is 4.65. The second-order valence-electron chi connectivity index (χ2n) is 8.63. The number of carboxylic acids is 1. The van der Waals surface area contributed by atoms with Gasteiger partial charge in [0.25, 0.3) is 0 Å². The second-order valence-corrected chi connectivity index (χ2v) is 9.04. The van der Waals surface area contributed by atoms with Crippen molar-refractivity contribution in [2.24, 2.45) is 11.8 Å². The summed E-state index contributed by atoms with van der Waals surface area (Å²) in [6.07, 6.45) is 4.33. The van der Waals surface area contributed by atoms with Crippen LogP contribution in [-0.2, 0) is 16.1 Å². The van der Waals surface area contributed by atoms with Gasteiger partial charge in [-0.1, -0.05) is 60.1 Å². The zero-order chi connectivity index (χ0) is 22.5. The Hall–Kier alpha value is -2.63. The average Bonchev–Trinajstić information content (AvgIpc) is 3.11. The molecule has 6 heteroatoms. The van der Waals surface area contributed by atoms with Gasteiger partial charge in [0.1, 0.15) is 12.3 Å². The largest absolute Gasteiger partial charge is 0.480 e. The van der Waals surface area contributed by atoms with Crippen LogP contribution in [0, 0.1) is 18.8 Å². The number of nitrogens with zero attached hydrogens (tertiary/aromatic N) is 2. The van der Waals surface area contributed by atoms with Crippen molar-refractivity contribution >= 4 is 17.6 Å². The maximum absolute atomic E-state index is 10.6. The molecule has 1 saturated carbocycles. The number of ether oxygens (including phenoxy) is 1. The lowest BCUT2D eigenvalue weighted by Crippen LogP contribution is -2.23. The number of carbonyl (C=O) groups is 1. The lowest BCUT2D eigenvalue weighted by molar-refractivity contribution is -0.142. The molecule has 168 valence electrons. The minimum Gasteiger partial charge on any atom is -0.480 e. The van der Waals surface area contributed by atoms with Crippen LogP contribution in [0.3, 0.4) is 0 Å². The molecule has 4 rings (SSSR count). The highest BCUT2D eigenvalue weighted by atomic mass is 35.5. The predicted molar refractivity (Wildman–Crippen MR) is 127 cm³/mol. The van der Waals surface area contributed by atoms with E-state index in [0.29, 0.717) is 18.4 Å². The van der Waals surface area contributed by atoms with Gasteiger partial charge < -0.3 is 9.84 Å². The fraction of sp³-hybridized carbons (Fsp3) is 0.385. The van der Waals surface area contributed by atoms with E-state index in [-0.39, 0.29) is 6.61 Å². The van der Waals surface area contributed by atoms with E-state index >= 15 is 0 Å². The lowest BCUT2D eigenvalue weighted by atomic mass is 9.82. The van der Waals surface area contributed by atoms with Gasteiger partial charge in [-0.25, -0.2) is 4.79 Å². The summed E-state index contributed by atoms with van der Waals surface area (Å²) in [5.41, 5.74) is 5.29. The highest BCUT2D eigenvalue weighted by Gasteiger charge is 2.25. The summed E-state index contributed by atoms with van der Waals surface area (Å²) in [5, 5.41) is 14.5. The third kappa shape index (κ3) is 5.22. The number of benzene rings is 2. The van der Waals surface area contributed by atoms with E-state index in [4.69, 9.17) is 26.5 Å². The monoisotopic (exact) mass is 452 g/mol. The van der Waals surface area contributed by atoms with Gasteiger partial charge in [-0.05, 0) is 50.5 Å². The minimum atomic E-state index is -0.906. The topological polar surface area (TPSA) is 64.4 Å². The van der Waals surface area contributed by atoms with Crippen molar-refractivity contribution < 1.29 is 14.6 Å². The van der Waals surface area contributed by atoms with Crippen LogP contribution in [0.4, 0.5) is 0 Å². The first-order chi connectivity index (χ1) is 15.5. The summed E-state index contributed by atoms with van der Waals surface area (Å²) in [5.74, 6) is 0.0892. The van der Waals surface area contributed by atoms with Crippen LogP contribution in [0.25, 0.3) is 22.4 Å². The van der Waals surface area contributed by atoms with E-state index in [0.717, 1.165) is 65.3 Å². The molecule has 1 aromatic heterocycles. The molecule has 0 atom stereocenters. The van der Waals surface area contributed by atoms with E-state index in [2.05, 4.69) is 29.8 Å². The van der Waals surface area contributed by atoms with Gasteiger partial charge in [0.15, 0.2) is 0 Å². The summed E-state index contributed by atoms with van der Waals surface area (Å²) in [6.45, 7) is 3.33. The van der Waals surface area contributed by atoms with E-state index in [1.165, 1.54) is 0 Å². The molecule has 0 amide bonds. The number of aliphatic carboxylic acids is 1. The van der Waals surface area contributed by atoms with Gasteiger partial charge in [-0.15, -0.1) is 0 Å². The summed E-state index contributed by atoms with van der Waals surface area (Å²) in [7, 11) is 0. The van der Waals surface area contributed by atoms with Crippen molar-refractivity contribution in [3.8, 4) is 22.4 Å². The molecule has 0 aliphatic heterocycles. The number of aromatic nitrogens is 2. The maximum atomic E-state index is 10.6. The van der Waals surface area contributed by atoms with Crippen molar-refractivity contribution in [3.63, 3.8) is 0 Å². The minimum absolute atomic E-state index is 0.209. The van der Waals surface area contributed by atoms with Crippen molar-refractivity contribution in [3.05, 3.63) is 65.3 Å². The van der Waals surface area contributed by atoms with Crippen molar-refractivity contribution in [2.45, 2.75) is 39.2 Å². The fourth-order valence-corrected chi connectivity index (χ4v) is 4.88. The van der Waals surface area contributed by atoms with Crippen molar-refractivity contribution in [1.82, 2.24) is 9.78 Å². The summed E-state index contributed by atoms with van der Waals surface area (Å²) in [6, 6.07) is 18.2. The predicted octanol–water partition coefficient (Wildman–Crippen LogP) is 6.09. The van der Waals surface area contributed by atoms with Gasteiger partial charge in [-0.2, -0.15) is 5.10 Å². The van der Waals surface area contributed by atoms with Crippen LogP contribution in [0.2, 0.25) is 5.02 Å². The summed E-state index contributed by atoms with van der Waals surface area (Å²) in [4.78, 5) is 10.6. The Balaban J connectivity index is 1.53. The SMILES string of the molecule is Cc1c(-c2ccccc2Cl)c(-c2ccccc2)nn1CC1CCC(COCC(=O)O)CC1. The van der Waals surface area contributed by atoms with Gasteiger partial charge in [0, 0.05) is 34.0 Å². The molecule has 0 saturated heterocycles. The standard InChI is InChI=1S/C26H29ClN2O3/c1-18-25(22-9-5-6-10-23(22)27)26(21-7-3-2-4-8-21)28-29(18)15-19-11-13-20(14-12-19)16-32-17-24(30)31/h2-10,19-20H,11-17H2,1H3,(H,30,31). The zero-order valence-electron chi connectivity index (χ0n) is 18.3. The Kier molecular flexibility index (Phi) is 7.28. The van der Waals surface area contributed by atoms with Crippen LogP contribution >= 0.6 is 11.6 Å². The molecule has 0 unspecified atom stereocenters. The number of hydrogen-bond acceptors (Lipinski definition) is 3. The normalized spacial score (nSPS) is 18.6. The third-order valence-corrected chi connectivity index (χ3v) is 6.70. The van der Waals surface area contributed by atoms with E-state index in [1.807, 2.05) is 36.4 Å². The average molecular weight is 453 g/mol. The van der Waals surface area contributed by atoms with Gasteiger partial charge in [0.2, 0.25) is 0 Å². The number of halogens is 1. The summed E-state index contributed by atoms with van der Waals surface area (Å²) >= 11 is 6.58. The molecule has 0 bridgehead atoms. The summed E-state index contributed by atoms with van der Waals surface area (Å²) < 4.78 is 7.45. The first-order valence-electron chi connectivity index (χ1n) is 11.2. The Morgan fingerprint density at radius 3 is 2.41 bits per heavy atom. The first-order valence-corrected chi connectivity index (χ1v) is 11.6. The van der Waals surface area contributed by atoms with E-state index < -0.39 is 5.97 Å². The van der Waals surface area contributed by atoms with Crippen LogP contribution in [-0.4, -0.2) is 34.1 Å². The molecule has 5 nitrogen and oxygen atoms in total. The van der Waals surface area contributed by atoms with Crippen molar-refractivity contribution in [2.75, 3.05) is 13.2 Å². The van der Waals surface area contributed by atoms with Crippen LogP contribution in [0.5, 0.6) is 0 Å². The smallest absolute Gasteiger partial charge is 0.329 e. The molecule has 0 radical (unpaired) electrons. The van der Waals surface area contributed by atoms with Crippen LogP contribution < -0.4 is 0 Å². The Bertz CT molecular complexity index is 1060. The molecular formula is C26H29ClN2O3. The molecular weight excluding hydrogens is 424 g/mol. The second kappa shape index (κ2) is 10.3. The molecule has 2 aromatic carbocycles. The number of hydrogen-bond donors (Lipinski definition) is 1. The zero-order valence-corrected chi connectivity index (χ0v) is 19.1. The molecule has 0 spiro atoms.